The summed E-state index contributed by atoms with van der Waals surface area (Å²) in [6, 6.07) is 106. The molecule has 0 atom stereocenters. The number of fused-ring (bicyclic) bond motifs is 7. The topological polar surface area (TPSA) is 13.1 Å². The summed E-state index contributed by atoms with van der Waals surface area (Å²) >= 11 is 0. The Hall–Kier alpha value is -10.6. The highest BCUT2D eigenvalue weighted by molar-refractivity contribution is 6.29. The second-order valence-corrected chi connectivity index (χ2v) is 21.7. The summed E-state index contributed by atoms with van der Waals surface area (Å²) in [5, 5.41) is 25.6. The van der Waals surface area contributed by atoms with Crippen molar-refractivity contribution < 1.29 is 4.42 Å². The molecule has 0 saturated heterocycles. The molecule has 0 aliphatic heterocycles. The SMILES string of the molecule is c1cc(-c2ccc(-c3ccc4ccc5cccc6ccc3c4c56)cc2)cc(-c2ccc3ccc4cccc5ccc2c3c45)c1.c1ccc(-c2c3ccccc3c(-c3cccc4oc5c6ccccc6ccc5c34)c3ccccc23)cc1. The fourth-order valence-electron chi connectivity index (χ4n) is 13.8. The average Bonchev–Trinajstić information content (AvgIpc) is 4.19. The summed E-state index contributed by atoms with van der Waals surface area (Å²) in [6.45, 7) is 0. The first-order chi connectivity index (χ1) is 40.2. The number of rotatable bonds is 5. The summed E-state index contributed by atoms with van der Waals surface area (Å²) in [5.41, 5.74) is 14.4. The largest absolute Gasteiger partial charge is 0.455 e. The Morgan fingerprint density at radius 2 is 0.605 bits per heavy atom. The molecule has 374 valence electrons. The summed E-state index contributed by atoms with van der Waals surface area (Å²) in [4.78, 5) is 0. The van der Waals surface area contributed by atoms with Gasteiger partial charge in [-0.25, -0.2) is 0 Å². The van der Waals surface area contributed by atoms with Crippen molar-refractivity contribution in [2.75, 3.05) is 0 Å². The molecule has 0 fully saturated rings. The van der Waals surface area contributed by atoms with Gasteiger partial charge in [0.15, 0.2) is 0 Å². The molecule has 18 aromatic rings. The van der Waals surface area contributed by atoms with E-state index in [1.165, 1.54) is 153 Å². The van der Waals surface area contributed by atoms with Crippen LogP contribution in [0.4, 0.5) is 0 Å². The number of hydrogen-bond donors (Lipinski definition) is 0. The van der Waals surface area contributed by atoms with E-state index in [0.717, 1.165) is 21.9 Å². The first-order valence-electron chi connectivity index (χ1n) is 28.1. The smallest absolute Gasteiger partial charge is 0.143 e. The van der Waals surface area contributed by atoms with E-state index >= 15 is 0 Å². The van der Waals surface area contributed by atoms with E-state index in [2.05, 4.69) is 291 Å². The van der Waals surface area contributed by atoms with Gasteiger partial charge in [-0.1, -0.05) is 273 Å². The van der Waals surface area contributed by atoms with Gasteiger partial charge < -0.3 is 4.42 Å². The first-order valence-corrected chi connectivity index (χ1v) is 28.1. The fourth-order valence-corrected chi connectivity index (χ4v) is 13.8. The van der Waals surface area contributed by atoms with Gasteiger partial charge in [0.25, 0.3) is 0 Å². The molecule has 0 aliphatic rings. The van der Waals surface area contributed by atoms with Gasteiger partial charge in [0, 0.05) is 16.2 Å². The van der Waals surface area contributed by atoms with Crippen LogP contribution in [0, 0.1) is 0 Å². The Kier molecular flexibility index (Phi) is 10.1. The maximum Gasteiger partial charge on any atom is 0.143 e. The summed E-state index contributed by atoms with van der Waals surface area (Å²) in [7, 11) is 0. The molecular weight excluding hydrogens is 977 g/mol. The zero-order chi connectivity index (χ0) is 53.1. The third-order valence-corrected chi connectivity index (χ3v) is 17.4. The molecule has 1 aromatic heterocycles. The van der Waals surface area contributed by atoms with E-state index < -0.39 is 0 Å². The van der Waals surface area contributed by atoms with Gasteiger partial charge in [0.2, 0.25) is 0 Å². The van der Waals surface area contributed by atoms with Gasteiger partial charge in [-0.3, -0.25) is 0 Å². The number of benzene rings is 17. The Morgan fingerprint density at radius 1 is 0.185 bits per heavy atom. The minimum absolute atomic E-state index is 0.921. The molecule has 1 heterocycles. The lowest BCUT2D eigenvalue weighted by Gasteiger charge is -2.18. The molecule has 18 rings (SSSR count). The maximum absolute atomic E-state index is 6.55. The van der Waals surface area contributed by atoms with Gasteiger partial charge in [-0.05, 0) is 165 Å². The van der Waals surface area contributed by atoms with E-state index in [1.807, 2.05) is 0 Å². The monoisotopic (exact) mass is 1020 g/mol. The zero-order valence-electron chi connectivity index (χ0n) is 44.1. The van der Waals surface area contributed by atoms with E-state index in [0.29, 0.717) is 0 Å². The summed E-state index contributed by atoms with van der Waals surface area (Å²) in [5.74, 6) is 0. The maximum atomic E-state index is 6.55. The van der Waals surface area contributed by atoms with Gasteiger partial charge in [0.05, 0.1) is 0 Å². The fraction of sp³-hybridized carbons (Fsp3) is 0. The van der Waals surface area contributed by atoms with Crippen LogP contribution in [0.5, 0.6) is 0 Å². The summed E-state index contributed by atoms with van der Waals surface area (Å²) < 4.78 is 6.55. The van der Waals surface area contributed by atoms with Crippen molar-refractivity contribution in [3.63, 3.8) is 0 Å². The molecule has 0 N–H and O–H groups in total. The molecular formula is C80H48O. The lowest BCUT2D eigenvalue weighted by atomic mass is 9.85. The zero-order valence-corrected chi connectivity index (χ0v) is 44.1. The van der Waals surface area contributed by atoms with Gasteiger partial charge >= 0.3 is 0 Å². The van der Waals surface area contributed by atoms with E-state index in [1.54, 1.807) is 0 Å². The molecule has 0 spiro atoms. The van der Waals surface area contributed by atoms with Crippen molar-refractivity contribution in [2.24, 2.45) is 0 Å². The van der Waals surface area contributed by atoms with Crippen LogP contribution in [0.3, 0.4) is 0 Å². The van der Waals surface area contributed by atoms with Crippen LogP contribution < -0.4 is 0 Å². The van der Waals surface area contributed by atoms with Crippen molar-refractivity contribution in [3.8, 4) is 55.6 Å². The van der Waals surface area contributed by atoms with Crippen LogP contribution >= 0.6 is 0 Å². The molecule has 0 amide bonds. The highest BCUT2D eigenvalue weighted by Gasteiger charge is 2.21. The molecule has 0 saturated carbocycles. The quantitative estimate of drug-likeness (QED) is 0.124. The van der Waals surface area contributed by atoms with Crippen molar-refractivity contribution in [1.29, 1.82) is 0 Å². The number of hydrogen-bond acceptors (Lipinski definition) is 1. The minimum atomic E-state index is 0.921. The molecule has 0 radical (unpaired) electrons. The second-order valence-electron chi connectivity index (χ2n) is 21.7. The third-order valence-electron chi connectivity index (χ3n) is 17.4. The average molecular weight is 1030 g/mol. The molecule has 0 aliphatic carbocycles. The Morgan fingerprint density at radius 3 is 1.22 bits per heavy atom. The van der Waals surface area contributed by atoms with Crippen LogP contribution in [0.25, 0.3) is 175 Å². The normalized spacial score (nSPS) is 12.0. The van der Waals surface area contributed by atoms with E-state index in [-0.39, 0.29) is 0 Å². The van der Waals surface area contributed by atoms with Crippen LogP contribution in [0.1, 0.15) is 0 Å². The Balaban J connectivity index is 0.000000131. The molecule has 17 aromatic carbocycles. The van der Waals surface area contributed by atoms with Gasteiger partial charge in [-0.15, -0.1) is 0 Å². The lowest BCUT2D eigenvalue weighted by molar-refractivity contribution is 0.673. The highest BCUT2D eigenvalue weighted by Crippen LogP contribution is 2.48. The van der Waals surface area contributed by atoms with Crippen LogP contribution in [-0.2, 0) is 0 Å². The second kappa shape index (κ2) is 18.0. The standard InChI is InChI=1S/C44H26.C36H22O/c1-4-29-14-16-33-18-22-37(39-24-20-31(6-1)41(29)43(33)39)28-12-10-27(11-13-28)35-8-3-9-36(26-35)38-23-19-34-17-15-30-5-2-7-32-21-25-40(38)44(34)42(30)32;1-2-12-24(13-3-1)33-26-15-6-8-17-28(26)34(29-18-9-7-16-27(29)33)30-19-10-20-32-35(30)31-22-21-23-11-4-5-14-25(23)36(31)37-32/h1-26H;1-22H. The van der Waals surface area contributed by atoms with Crippen LogP contribution in [-0.4, -0.2) is 0 Å². The molecule has 0 bridgehead atoms. The minimum Gasteiger partial charge on any atom is -0.455 e. The van der Waals surface area contributed by atoms with Crippen molar-refractivity contribution in [1.82, 2.24) is 0 Å². The molecule has 0 unspecified atom stereocenters. The van der Waals surface area contributed by atoms with Gasteiger partial charge in [-0.2, -0.15) is 0 Å². The molecule has 1 nitrogen and oxygen atoms in total. The van der Waals surface area contributed by atoms with Crippen molar-refractivity contribution >= 4 is 119 Å². The number of furan rings is 1. The molecule has 1 heteroatoms. The Labute approximate surface area is 467 Å². The Bertz CT molecular complexity index is 5420. The van der Waals surface area contributed by atoms with Crippen LogP contribution in [0.15, 0.2) is 296 Å². The third kappa shape index (κ3) is 7.05. The van der Waals surface area contributed by atoms with Gasteiger partial charge in [0.1, 0.15) is 11.2 Å². The predicted molar refractivity (Wildman–Crippen MR) is 347 cm³/mol. The van der Waals surface area contributed by atoms with Crippen molar-refractivity contribution in [2.45, 2.75) is 0 Å². The predicted octanol–water partition coefficient (Wildman–Crippen LogP) is 22.9. The van der Waals surface area contributed by atoms with Crippen molar-refractivity contribution in [3.05, 3.63) is 291 Å². The molecule has 81 heavy (non-hydrogen) atoms. The highest BCUT2D eigenvalue weighted by atomic mass is 16.3. The van der Waals surface area contributed by atoms with Crippen LogP contribution in [0.2, 0.25) is 0 Å². The first kappa shape index (κ1) is 45.4. The lowest BCUT2D eigenvalue weighted by Crippen LogP contribution is -1.91. The van der Waals surface area contributed by atoms with E-state index in [4.69, 9.17) is 4.42 Å². The van der Waals surface area contributed by atoms with E-state index in [9.17, 15) is 0 Å². The summed E-state index contributed by atoms with van der Waals surface area (Å²) in [6.07, 6.45) is 0.